The van der Waals surface area contributed by atoms with E-state index in [1.807, 2.05) is 5.51 Å². The molecule has 1 saturated carbocycles. The van der Waals surface area contributed by atoms with Crippen LogP contribution in [0.3, 0.4) is 0 Å². The standard InChI is InChI=1S/C9H14N2S/c1-7-8(11-6-12-7)9(2-3-9)4-5-10/h6H,2-5,10H2,1H3. The SMILES string of the molecule is Cc1scnc1C1(CCN)CC1. The Labute approximate surface area is 76.8 Å². The summed E-state index contributed by atoms with van der Waals surface area (Å²) in [6.07, 6.45) is 3.68. The summed E-state index contributed by atoms with van der Waals surface area (Å²) in [5.41, 5.74) is 9.24. The first-order valence-electron chi connectivity index (χ1n) is 4.39. The summed E-state index contributed by atoms with van der Waals surface area (Å²) in [7, 11) is 0. The van der Waals surface area contributed by atoms with Crippen molar-refractivity contribution in [3.8, 4) is 0 Å². The van der Waals surface area contributed by atoms with Crippen molar-refractivity contribution >= 4 is 11.3 Å². The maximum Gasteiger partial charge on any atom is 0.0797 e. The Balaban J connectivity index is 2.24. The van der Waals surface area contributed by atoms with Gasteiger partial charge >= 0.3 is 0 Å². The highest BCUT2D eigenvalue weighted by molar-refractivity contribution is 7.09. The van der Waals surface area contributed by atoms with Crippen LogP contribution < -0.4 is 5.73 Å². The molecule has 0 aromatic carbocycles. The molecule has 1 fully saturated rings. The molecule has 1 aromatic heterocycles. The van der Waals surface area contributed by atoms with Crippen LogP contribution in [0.5, 0.6) is 0 Å². The molecule has 1 heterocycles. The van der Waals surface area contributed by atoms with E-state index in [4.69, 9.17) is 5.73 Å². The van der Waals surface area contributed by atoms with Crippen LogP contribution in [0.1, 0.15) is 29.8 Å². The van der Waals surface area contributed by atoms with Gasteiger partial charge in [0.1, 0.15) is 0 Å². The van der Waals surface area contributed by atoms with Gasteiger partial charge in [0.2, 0.25) is 0 Å². The predicted molar refractivity (Wildman–Crippen MR) is 51.4 cm³/mol. The van der Waals surface area contributed by atoms with Crippen molar-refractivity contribution < 1.29 is 0 Å². The number of nitrogens with zero attached hydrogens (tertiary/aromatic N) is 1. The number of nitrogens with two attached hydrogens (primary N) is 1. The molecule has 2 rings (SSSR count). The van der Waals surface area contributed by atoms with E-state index in [9.17, 15) is 0 Å². The van der Waals surface area contributed by atoms with Crippen LogP contribution in [-0.2, 0) is 5.41 Å². The lowest BCUT2D eigenvalue weighted by Crippen LogP contribution is -2.14. The van der Waals surface area contributed by atoms with Gasteiger partial charge in [-0.05, 0) is 32.7 Å². The van der Waals surface area contributed by atoms with Crippen molar-refractivity contribution in [3.05, 3.63) is 16.1 Å². The van der Waals surface area contributed by atoms with E-state index in [2.05, 4.69) is 11.9 Å². The molecule has 0 spiro atoms. The zero-order valence-corrected chi connectivity index (χ0v) is 8.16. The average Bonchev–Trinajstić information content (AvgIpc) is 2.68. The Kier molecular flexibility index (Phi) is 1.93. The summed E-state index contributed by atoms with van der Waals surface area (Å²) in [6, 6.07) is 0. The third-order valence-corrected chi connectivity index (χ3v) is 3.48. The van der Waals surface area contributed by atoms with Crippen molar-refractivity contribution in [2.24, 2.45) is 5.73 Å². The summed E-state index contributed by atoms with van der Waals surface area (Å²) in [4.78, 5) is 5.81. The monoisotopic (exact) mass is 182 g/mol. The molecule has 0 radical (unpaired) electrons. The summed E-state index contributed by atoms with van der Waals surface area (Å²) >= 11 is 1.75. The average molecular weight is 182 g/mol. The van der Waals surface area contributed by atoms with E-state index in [0.717, 1.165) is 13.0 Å². The van der Waals surface area contributed by atoms with Crippen molar-refractivity contribution in [2.75, 3.05) is 6.54 Å². The van der Waals surface area contributed by atoms with Gasteiger partial charge in [0.25, 0.3) is 0 Å². The second-order valence-electron chi connectivity index (χ2n) is 3.58. The largest absolute Gasteiger partial charge is 0.330 e. The van der Waals surface area contributed by atoms with E-state index >= 15 is 0 Å². The molecule has 66 valence electrons. The van der Waals surface area contributed by atoms with Gasteiger partial charge in [0.15, 0.2) is 0 Å². The fourth-order valence-corrected chi connectivity index (χ4v) is 2.54. The van der Waals surface area contributed by atoms with Crippen LogP contribution in [0.25, 0.3) is 0 Å². The Morgan fingerprint density at radius 2 is 2.42 bits per heavy atom. The van der Waals surface area contributed by atoms with E-state index in [1.54, 1.807) is 11.3 Å². The molecule has 0 unspecified atom stereocenters. The minimum Gasteiger partial charge on any atom is -0.330 e. The Morgan fingerprint density at radius 1 is 1.67 bits per heavy atom. The van der Waals surface area contributed by atoms with Gasteiger partial charge in [0, 0.05) is 10.3 Å². The smallest absolute Gasteiger partial charge is 0.0797 e. The summed E-state index contributed by atoms with van der Waals surface area (Å²) in [5, 5.41) is 0. The quantitative estimate of drug-likeness (QED) is 0.774. The molecule has 3 heteroatoms. The fraction of sp³-hybridized carbons (Fsp3) is 0.667. The van der Waals surface area contributed by atoms with Gasteiger partial charge in [-0.25, -0.2) is 4.98 Å². The van der Waals surface area contributed by atoms with Crippen molar-refractivity contribution in [1.82, 2.24) is 4.98 Å². The van der Waals surface area contributed by atoms with Crippen LogP contribution >= 0.6 is 11.3 Å². The van der Waals surface area contributed by atoms with Crippen molar-refractivity contribution in [3.63, 3.8) is 0 Å². The Bertz CT molecular complexity index is 276. The zero-order chi connectivity index (χ0) is 8.60. The molecule has 0 aliphatic heterocycles. The first-order valence-corrected chi connectivity index (χ1v) is 5.27. The van der Waals surface area contributed by atoms with Gasteiger partial charge < -0.3 is 5.73 Å². The zero-order valence-electron chi connectivity index (χ0n) is 7.34. The van der Waals surface area contributed by atoms with Gasteiger partial charge in [-0.15, -0.1) is 11.3 Å². The number of aromatic nitrogens is 1. The van der Waals surface area contributed by atoms with Crippen LogP contribution in [-0.4, -0.2) is 11.5 Å². The molecule has 0 atom stereocenters. The number of rotatable bonds is 3. The molecular formula is C9H14N2S. The molecule has 12 heavy (non-hydrogen) atoms. The summed E-state index contributed by atoms with van der Waals surface area (Å²) < 4.78 is 0. The third-order valence-electron chi connectivity index (χ3n) is 2.72. The fourth-order valence-electron chi connectivity index (χ4n) is 1.85. The molecule has 2 nitrogen and oxygen atoms in total. The van der Waals surface area contributed by atoms with E-state index < -0.39 is 0 Å². The van der Waals surface area contributed by atoms with Crippen LogP contribution in [0, 0.1) is 6.92 Å². The van der Waals surface area contributed by atoms with E-state index in [-0.39, 0.29) is 0 Å². The number of aryl methyl sites for hydroxylation is 1. The summed E-state index contributed by atoms with van der Waals surface area (Å²) in [6.45, 7) is 2.94. The third kappa shape index (κ3) is 1.17. The van der Waals surface area contributed by atoms with Gasteiger partial charge in [-0.1, -0.05) is 0 Å². The van der Waals surface area contributed by atoms with Crippen LogP contribution in [0.4, 0.5) is 0 Å². The lowest BCUT2D eigenvalue weighted by atomic mass is 9.97. The molecule has 2 N–H and O–H groups in total. The second kappa shape index (κ2) is 2.82. The first kappa shape index (κ1) is 8.20. The topological polar surface area (TPSA) is 38.9 Å². The number of hydrogen-bond acceptors (Lipinski definition) is 3. The van der Waals surface area contributed by atoms with Crippen molar-refractivity contribution in [1.29, 1.82) is 0 Å². The molecule has 0 bridgehead atoms. The molecule has 1 aromatic rings. The van der Waals surface area contributed by atoms with E-state index in [1.165, 1.54) is 23.4 Å². The Hall–Kier alpha value is -0.410. The number of thiazole rings is 1. The minimum absolute atomic E-state index is 0.388. The highest BCUT2D eigenvalue weighted by atomic mass is 32.1. The van der Waals surface area contributed by atoms with E-state index in [0.29, 0.717) is 5.41 Å². The minimum atomic E-state index is 0.388. The maximum absolute atomic E-state index is 5.59. The van der Waals surface area contributed by atoms with Crippen LogP contribution in [0.15, 0.2) is 5.51 Å². The Morgan fingerprint density at radius 3 is 2.83 bits per heavy atom. The molecular weight excluding hydrogens is 168 g/mol. The molecule has 1 aliphatic carbocycles. The lowest BCUT2D eigenvalue weighted by Gasteiger charge is -2.11. The van der Waals surface area contributed by atoms with Gasteiger partial charge in [-0.3, -0.25) is 0 Å². The predicted octanol–water partition coefficient (Wildman–Crippen LogP) is 1.83. The molecule has 0 saturated heterocycles. The van der Waals surface area contributed by atoms with Gasteiger partial charge in [-0.2, -0.15) is 0 Å². The summed E-state index contributed by atoms with van der Waals surface area (Å²) in [5.74, 6) is 0. The normalized spacial score (nSPS) is 19.5. The highest BCUT2D eigenvalue weighted by Gasteiger charge is 2.45. The second-order valence-corrected chi connectivity index (χ2v) is 4.64. The maximum atomic E-state index is 5.59. The molecule has 1 aliphatic rings. The molecule has 0 amide bonds. The number of hydrogen-bond donors (Lipinski definition) is 1. The first-order chi connectivity index (χ1) is 5.78. The van der Waals surface area contributed by atoms with Crippen molar-refractivity contribution in [2.45, 2.75) is 31.6 Å². The highest BCUT2D eigenvalue weighted by Crippen LogP contribution is 2.51. The van der Waals surface area contributed by atoms with Gasteiger partial charge in [0.05, 0.1) is 11.2 Å². The van der Waals surface area contributed by atoms with Crippen LogP contribution in [0.2, 0.25) is 0 Å². The lowest BCUT2D eigenvalue weighted by molar-refractivity contribution is 0.610.